The van der Waals surface area contributed by atoms with Gasteiger partial charge in [-0.1, -0.05) is 72.8 Å². The zero-order valence-electron chi connectivity index (χ0n) is 32.9. The fourth-order valence-corrected chi connectivity index (χ4v) is 6.20. The highest BCUT2D eigenvalue weighted by atomic mass is 16.7. The van der Waals surface area contributed by atoms with E-state index in [4.69, 9.17) is 33.8 Å². The molecule has 0 saturated carbocycles. The Hall–Kier alpha value is -6.37. The number of methoxy groups -OCH3 is 2. The number of amidine groups is 1. The van der Waals surface area contributed by atoms with Crippen LogP contribution in [0.15, 0.2) is 97.1 Å². The first kappa shape index (κ1) is 41.8. The van der Waals surface area contributed by atoms with Crippen LogP contribution in [0.3, 0.4) is 0 Å². The molecule has 2 amide bonds. The largest absolute Gasteiger partial charge is 0.493 e. The molecule has 1 aliphatic heterocycles. The second-order valence-corrected chi connectivity index (χ2v) is 14.6. The number of nitrogens with one attached hydrogen (secondary N) is 2. The van der Waals surface area contributed by atoms with E-state index in [9.17, 15) is 19.2 Å². The number of hydrogen-bond donors (Lipinski definition) is 2. The van der Waals surface area contributed by atoms with Gasteiger partial charge in [0.25, 0.3) is 0 Å². The predicted octanol–water partition coefficient (Wildman–Crippen LogP) is 6.94. The molecule has 0 aliphatic carbocycles. The molecule has 13 nitrogen and oxygen atoms in total. The number of rotatable bonds is 16. The third kappa shape index (κ3) is 11.8. The van der Waals surface area contributed by atoms with Crippen LogP contribution in [0.1, 0.15) is 50.3 Å². The minimum Gasteiger partial charge on any atom is -0.493 e. The third-order valence-electron chi connectivity index (χ3n) is 9.40. The monoisotopic (exact) mass is 779 g/mol. The predicted molar refractivity (Wildman–Crippen MR) is 212 cm³/mol. The summed E-state index contributed by atoms with van der Waals surface area (Å²) in [6, 6.07) is 29.3. The summed E-state index contributed by atoms with van der Waals surface area (Å²) >= 11 is 0. The second kappa shape index (κ2) is 19.5. The lowest BCUT2D eigenvalue weighted by Crippen LogP contribution is -2.39. The quantitative estimate of drug-likeness (QED) is 0.0527. The summed E-state index contributed by atoms with van der Waals surface area (Å²) < 4.78 is 32.5. The molecule has 57 heavy (non-hydrogen) atoms. The number of ether oxygens (including phenoxy) is 6. The maximum atomic E-state index is 13.7. The molecule has 0 spiro atoms. The van der Waals surface area contributed by atoms with Crippen molar-refractivity contribution in [3.05, 3.63) is 114 Å². The number of carbonyl (C=O) groups excluding carboxylic acids is 4. The van der Waals surface area contributed by atoms with Crippen LogP contribution in [-0.4, -0.2) is 74.9 Å². The first-order chi connectivity index (χ1) is 27.3. The van der Waals surface area contributed by atoms with Gasteiger partial charge in [0.05, 0.1) is 38.0 Å². The number of benzene rings is 4. The lowest BCUT2D eigenvalue weighted by molar-refractivity contribution is -0.174. The Bertz CT molecular complexity index is 2010. The molecule has 2 N–H and O–H groups in total. The molecule has 300 valence electrons. The molecule has 1 aliphatic rings. The average molecular weight is 780 g/mol. The van der Waals surface area contributed by atoms with E-state index >= 15 is 0 Å². The van der Waals surface area contributed by atoms with Crippen LogP contribution in [0.5, 0.6) is 17.2 Å². The maximum absolute atomic E-state index is 13.7. The van der Waals surface area contributed by atoms with Crippen molar-refractivity contribution in [1.82, 2.24) is 10.2 Å². The van der Waals surface area contributed by atoms with Crippen molar-refractivity contribution in [2.45, 2.75) is 52.7 Å². The lowest BCUT2D eigenvalue weighted by atomic mass is 9.98. The van der Waals surface area contributed by atoms with Gasteiger partial charge in [0.1, 0.15) is 24.8 Å². The second-order valence-electron chi connectivity index (χ2n) is 14.6. The van der Waals surface area contributed by atoms with E-state index in [1.165, 1.54) is 0 Å². The van der Waals surface area contributed by atoms with Crippen molar-refractivity contribution in [2.24, 2.45) is 11.3 Å². The van der Waals surface area contributed by atoms with Crippen molar-refractivity contribution in [2.75, 3.05) is 34.2 Å². The lowest BCUT2D eigenvalue weighted by Gasteiger charge is -2.25. The molecule has 13 heteroatoms. The van der Waals surface area contributed by atoms with Gasteiger partial charge in [-0.05, 0) is 80.1 Å². The smallest absolute Gasteiger partial charge is 0.413 e. The molecule has 1 fully saturated rings. The number of likely N-dealkylation sites (tertiary alicyclic amines) is 1. The van der Waals surface area contributed by atoms with Crippen molar-refractivity contribution in [3.8, 4) is 28.4 Å². The normalized spacial score (nSPS) is 15.0. The summed E-state index contributed by atoms with van der Waals surface area (Å²) in [5, 5.41) is 10.8. The van der Waals surface area contributed by atoms with Gasteiger partial charge in [-0.2, -0.15) is 0 Å². The van der Waals surface area contributed by atoms with E-state index in [-0.39, 0.29) is 37.4 Å². The fourth-order valence-electron chi connectivity index (χ4n) is 6.20. The van der Waals surface area contributed by atoms with E-state index in [2.05, 4.69) is 5.32 Å². The van der Waals surface area contributed by atoms with Gasteiger partial charge < -0.3 is 33.3 Å². The molecular formula is C44H49N3O10. The van der Waals surface area contributed by atoms with Gasteiger partial charge in [-0.3, -0.25) is 25.1 Å². The average Bonchev–Trinajstić information content (AvgIpc) is 3.50. The minimum atomic E-state index is -0.742. The molecule has 1 heterocycles. The van der Waals surface area contributed by atoms with Gasteiger partial charge in [0.2, 0.25) is 12.7 Å². The van der Waals surface area contributed by atoms with Gasteiger partial charge in [-0.15, -0.1) is 0 Å². The van der Waals surface area contributed by atoms with Crippen LogP contribution in [0.2, 0.25) is 0 Å². The highest BCUT2D eigenvalue weighted by molar-refractivity contribution is 6.04. The summed E-state index contributed by atoms with van der Waals surface area (Å²) in [5.74, 6) is -0.223. The van der Waals surface area contributed by atoms with Crippen LogP contribution in [0, 0.1) is 16.7 Å². The summed E-state index contributed by atoms with van der Waals surface area (Å²) in [7, 11) is 3.13. The van der Waals surface area contributed by atoms with Crippen LogP contribution < -0.4 is 19.5 Å². The summed E-state index contributed by atoms with van der Waals surface area (Å²) in [4.78, 5) is 52.5. The molecule has 5 rings (SSSR count). The maximum Gasteiger partial charge on any atom is 0.413 e. The number of esters is 2. The molecule has 0 radical (unpaired) electrons. The highest BCUT2D eigenvalue weighted by Crippen LogP contribution is 2.31. The molecule has 1 saturated heterocycles. The zero-order valence-corrected chi connectivity index (χ0v) is 32.9. The molecule has 0 aromatic heterocycles. The molecule has 2 atom stereocenters. The van der Waals surface area contributed by atoms with Crippen molar-refractivity contribution >= 4 is 29.8 Å². The molecule has 4 aromatic carbocycles. The van der Waals surface area contributed by atoms with Gasteiger partial charge in [-0.25, -0.2) is 4.79 Å². The summed E-state index contributed by atoms with van der Waals surface area (Å²) in [6.45, 7) is 5.27. The van der Waals surface area contributed by atoms with Gasteiger partial charge in [0.15, 0.2) is 11.5 Å². The van der Waals surface area contributed by atoms with Crippen molar-refractivity contribution < 1.29 is 47.6 Å². The Morgan fingerprint density at radius 1 is 0.807 bits per heavy atom. The van der Waals surface area contributed by atoms with E-state index in [1.54, 1.807) is 52.0 Å². The van der Waals surface area contributed by atoms with Gasteiger partial charge in [0, 0.05) is 12.1 Å². The number of hydrogen-bond acceptors (Lipinski definition) is 11. The van der Waals surface area contributed by atoms with Crippen LogP contribution >= 0.6 is 0 Å². The van der Waals surface area contributed by atoms with E-state index < -0.39 is 36.2 Å². The standard InChI is InChI=1S/C44H49N3O10/c1-44(2,3)42(50)57-28-56-39(48)25-34-24-35(47(41(34)49)22-21-29-11-20-37(52-4)38(23-29)53-5)27-54-36-18-16-32(17-19-36)31-12-14-33(15-13-31)40(45)46-43(51)55-26-30-9-7-6-8-10-30/h6-20,23,34-35H,21-22,24-28H2,1-5H3,(H2,45,46,51)/t34-,35-/m0/s1. The summed E-state index contributed by atoms with van der Waals surface area (Å²) in [6.07, 6.45) is 0.0433. The molecule has 0 unspecified atom stereocenters. The highest BCUT2D eigenvalue weighted by Gasteiger charge is 2.41. The fraction of sp³-hybridized carbons (Fsp3) is 0.341. The van der Waals surface area contributed by atoms with Crippen molar-refractivity contribution in [3.63, 3.8) is 0 Å². The first-order valence-electron chi connectivity index (χ1n) is 18.6. The molecule has 0 bridgehead atoms. The number of alkyl carbamates (subject to hydrolysis) is 1. The Kier molecular flexibility index (Phi) is 14.3. The molecule has 4 aromatic rings. The summed E-state index contributed by atoms with van der Waals surface area (Å²) in [5.41, 5.74) is 3.38. The van der Waals surface area contributed by atoms with E-state index in [0.717, 1.165) is 22.3 Å². The zero-order chi connectivity index (χ0) is 41.0. The third-order valence-corrected chi connectivity index (χ3v) is 9.40. The topological polar surface area (TPSA) is 163 Å². The van der Waals surface area contributed by atoms with E-state index in [1.807, 2.05) is 84.9 Å². The van der Waals surface area contributed by atoms with Crippen LogP contribution in [-0.2, 0) is 41.6 Å². The molecular weight excluding hydrogens is 730 g/mol. The number of carbonyl (C=O) groups is 4. The SMILES string of the molecule is COc1ccc(CCN2C(=O)[C@H](CC(=O)OCOC(=O)C(C)(C)C)C[C@H]2COc2ccc(-c3ccc(C(=N)NC(=O)OCc4ccccc4)cc3)cc2)cc1OC. The Labute approximate surface area is 332 Å². The van der Waals surface area contributed by atoms with E-state index in [0.29, 0.717) is 42.2 Å². The van der Waals surface area contributed by atoms with Crippen LogP contribution in [0.4, 0.5) is 4.79 Å². The van der Waals surface area contributed by atoms with Crippen LogP contribution in [0.25, 0.3) is 11.1 Å². The number of amides is 2. The Balaban J connectivity index is 1.18. The Morgan fingerprint density at radius 2 is 1.47 bits per heavy atom. The minimum absolute atomic E-state index is 0.0766. The first-order valence-corrected chi connectivity index (χ1v) is 18.6. The van der Waals surface area contributed by atoms with Gasteiger partial charge >= 0.3 is 18.0 Å². The Morgan fingerprint density at radius 3 is 2.12 bits per heavy atom. The number of nitrogens with zero attached hydrogens (tertiary/aromatic N) is 1. The van der Waals surface area contributed by atoms with Crippen molar-refractivity contribution in [1.29, 1.82) is 5.41 Å².